The van der Waals surface area contributed by atoms with Crippen LogP contribution in [0.1, 0.15) is 11.1 Å². The number of carbonyl (C=O) groups excluding carboxylic acids is 2. The largest absolute Gasteiger partial charge is 0.469 e. The number of carbonyl (C=O) groups is 2. The number of hydrogen-bond donors (Lipinski definition) is 0. The number of fused-ring (bicyclic) bond motifs is 2. The van der Waals surface area contributed by atoms with E-state index < -0.39 is 17.9 Å². The quantitative estimate of drug-likeness (QED) is 0.529. The fourth-order valence-corrected chi connectivity index (χ4v) is 3.37. The van der Waals surface area contributed by atoms with Gasteiger partial charge >= 0.3 is 11.9 Å². The first-order chi connectivity index (χ1) is 14.6. The third kappa shape index (κ3) is 3.89. The van der Waals surface area contributed by atoms with Gasteiger partial charge in [-0.15, -0.1) is 0 Å². The van der Waals surface area contributed by atoms with Crippen LogP contribution in [0.4, 0.5) is 0 Å². The second-order valence-electron chi connectivity index (χ2n) is 6.67. The monoisotopic (exact) mass is 412 g/mol. The zero-order chi connectivity index (χ0) is 21.1. The average Bonchev–Trinajstić information content (AvgIpc) is 3.43. The first kappa shape index (κ1) is 19.6. The van der Waals surface area contributed by atoms with E-state index in [9.17, 15) is 9.59 Å². The summed E-state index contributed by atoms with van der Waals surface area (Å²) in [5.41, 5.74) is 1.62. The molecule has 1 atom stereocenters. The van der Waals surface area contributed by atoms with Crippen molar-refractivity contribution in [1.82, 2.24) is 0 Å². The van der Waals surface area contributed by atoms with Gasteiger partial charge < -0.3 is 28.4 Å². The summed E-state index contributed by atoms with van der Waals surface area (Å²) >= 11 is 0. The summed E-state index contributed by atoms with van der Waals surface area (Å²) in [7, 11) is 2.55. The number of methoxy groups -OCH3 is 2. The minimum Gasteiger partial charge on any atom is -0.469 e. The van der Waals surface area contributed by atoms with Gasteiger partial charge in [0.15, 0.2) is 23.0 Å². The van der Waals surface area contributed by atoms with Gasteiger partial charge in [0.25, 0.3) is 0 Å². The lowest BCUT2D eigenvalue weighted by molar-refractivity contribution is -0.147. The molecule has 8 nitrogen and oxygen atoms in total. The molecule has 0 saturated heterocycles. The molecule has 0 bridgehead atoms. The van der Waals surface area contributed by atoms with E-state index in [0.717, 1.165) is 5.56 Å². The summed E-state index contributed by atoms with van der Waals surface area (Å²) in [5.74, 6) is 0.366. The van der Waals surface area contributed by atoms with Crippen LogP contribution in [0.25, 0.3) is 6.08 Å². The van der Waals surface area contributed by atoms with Crippen molar-refractivity contribution < 1.29 is 38.0 Å². The van der Waals surface area contributed by atoms with E-state index in [1.165, 1.54) is 14.2 Å². The van der Waals surface area contributed by atoms with Crippen molar-refractivity contribution in [3.05, 3.63) is 53.1 Å². The summed E-state index contributed by atoms with van der Waals surface area (Å²) in [4.78, 5) is 25.2. The molecule has 2 aliphatic heterocycles. The first-order valence-corrected chi connectivity index (χ1v) is 9.25. The zero-order valence-corrected chi connectivity index (χ0v) is 16.5. The van der Waals surface area contributed by atoms with Crippen molar-refractivity contribution in [1.29, 1.82) is 0 Å². The van der Waals surface area contributed by atoms with Crippen LogP contribution in [0.5, 0.6) is 23.0 Å². The SMILES string of the molecule is COC(=O)/C(=C/c1ccc2c(c1)OCO2)[C@H](Cc1ccc2c(c1)OCO2)C(=O)OC. The average molecular weight is 412 g/mol. The highest BCUT2D eigenvalue weighted by Crippen LogP contribution is 2.35. The molecule has 0 unspecified atom stereocenters. The van der Waals surface area contributed by atoms with E-state index in [1.807, 2.05) is 6.07 Å². The molecule has 0 aromatic heterocycles. The molecule has 0 fully saturated rings. The van der Waals surface area contributed by atoms with Crippen LogP contribution in [0.2, 0.25) is 0 Å². The van der Waals surface area contributed by atoms with Gasteiger partial charge in [0.05, 0.1) is 25.7 Å². The topological polar surface area (TPSA) is 89.5 Å². The molecule has 30 heavy (non-hydrogen) atoms. The smallest absolute Gasteiger partial charge is 0.334 e. The molecule has 0 amide bonds. The molecule has 0 radical (unpaired) electrons. The molecule has 156 valence electrons. The van der Waals surface area contributed by atoms with Crippen molar-refractivity contribution >= 4 is 18.0 Å². The molecule has 0 saturated carbocycles. The van der Waals surface area contributed by atoms with Gasteiger partial charge in [0.1, 0.15) is 0 Å². The summed E-state index contributed by atoms with van der Waals surface area (Å²) in [6, 6.07) is 10.6. The molecule has 0 spiro atoms. The predicted molar refractivity (Wildman–Crippen MR) is 104 cm³/mol. The lowest BCUT2D eigenvalue weighted by Crippen LogP contribution is -2.26. The van der Waals surface area contributed by atoms with Crippen LogP contribution in [-0.4, -0.2) is 39.7 Å². The highest BCUT2D eigenvalue weighted by Gasteiger charge is 2.30. The predicted octanol–water partition coefficient (Wildman–Crippen LogP) is 2.73. The van der Waals surface area contributed by atoms with Crippen molar-refractivity contribution in [2.45, 2.75) is 6.42 Å². The first-order valence-electron chi connectivity index (χ1n) is 9.25. The fraction of sp³-hybridized carbons (Fsp3) is 0.273. The fourth-order valence-electron chi connectivity index (χ4n) is 3.37. The van der Waals surface area contributed by atoms with E-state index in [-0.39, 0.29) is 25.6 Å². The minimum atomic E-state index is -0.881. The van der Waals surface area contributed by atoms with Crippen molar-refractivity contribution in [3.63, 3.8) is 0 Å². The summed E-state index contributed by atoms with van der Waals surface area (Å²) in [5, 5.41) is 0. The second kappa shape index (κ2) is 8.36. The van der Waals surface area contributed by atoms with Crippen LogP contribution in [0, 0.1) is 5.92 Å². The van der Waals surface area contributed by atoms with Crippen LogP contribution < -0.4 is 18.9 Å². The van der Waals surface area contributed by atoms with Crippen molar-refractivity contribution in [3.8, 4) is 23.0 Å². The normalized spacial score (nSPS) is 14.9. The van der Waals surface area contributed by atoms with Gasteiger partial charge in [0, 0.05) is 0 Å². The maximum absolute atomic E-state index is 12.6. The maximum Gasteiger partial charge on any atom is 0.334 e. The van der Waals surface area contributed by atoms with Gasteiger partial charge in [-0.3, -0.25) is 4.79 Å². The van der Waals surface area contributed by atoms with E-state index in [4.69, 9.17) is 28.4 Å². The molecule has 0 aliphatic carbocycles. The molecular formula is C22H20O8. The highest BCUT2D eigenvalue weighted by atomic mass is 16.7. The molecule has 4 rings (SSSR count). The number of hydrogen-bond acceptors (Lipinski definition) is 8. The summed E-state index contributed by atoms with van der Waals surface area (Å²) < 4.78 is 31.4. The third-order valence-electron chi connectivity index (χ3n) is 4.88. The van der Waals surface area contributed by atoms with E-state index in [0.29, 0.717) is 28.6 Å². The number of benzene rings is 2. The lowest BCUT2D eigenvalue weighted by Gasteiger charge is -2.17. The Morgan fingerprint density at radius 1 is 0.900 bits per heavy atom. The Kier molecular flexibility index (Phi) is 5.47. The van der Waals surface area contributed by atoms with Crippen LogP contribution >= 0.6 is 0 Å². The Balaban J connectivity index is 1.69. The Labute approximate surface area is 172 Å². The van der Waals surface area contributed by atoms with Gasteiger partial charge in [-0.1, -0.05) is 12.1 Å². The zero-order valence-electron chi connectivity index (χ0n) is 16.5. The Morgan fingerprint density at radius 3 is 2.20 bits per heavy atom. The number of ether oxygens (including phenoxy) is 6. The maximum atomic E-state index is 12.6. The van der Waals surface area contributed by atoms with Crippen molar-refractivity contribution in [2.75, 3.05) is 27.8 Å². The Hall–Kier alpha value is -3.68. The standard InChI is InChI=1S/C22H20O8/c1-25-21(23)15(7-13-3-5-17-19(9-13)29-11-27-17)16(22(24)26-2)8-14-4-6-18-20(10-14)30-12-28-18/h3-7,9-10,16H,8,11-12H2,1-2H3/b15-7+/t16-/m0/s1. The molecule has 8 heteroatoms. The van der Waals surface area contributed by atoms with E-state index in [1.54, 1.807) is 36.4 Å². The number of rotatable bonds is 6. The molecule has 2 aliphatic rings. The van der Waals surface area contributed by atoms with Crippen LogP contribution in [-0.2, 0) is 25.5 Å². The van der Waals surface area contributed by atoms with Crippen LogP contribution in [0.3, 0.4) is 0 Å². The molecule has 0 N–H and O–H groups in total. The summed E-state index contributed by atoms with van der Waals surface area (Å²) in [6.07, 6.45) is 1.82. The van der Waals surface area contributed by atoms with Crippen molar-refractivity contribution in [2.24, 2.45) is 5.92 Å². The van der Waals surface area contributed by atoms with Gasteiger partial charge in [-0.2, -0.15) is 0 Å². The van der Waals surface area contributed by atoms with E-state index in [2.05, 4.69) is 0 Å². The molecule has 2 aromatic carbocycles. The van der Waals surface area contributed by atoms with Gasteiger partial charge in [-0.25, -0.2) is 4.79 Å². The molecule has 2 heterocycles. The Bertz CT molecular complexity index is 1010. The number of esters is 2. The summed E-state index contributed by atoms with van der Waals surface area (Å²) in [6.45, 7) is 0.290. The van der Waals surface area contributed by atoms with Gasteiger partial charge in [0.2, 0.25) is 13.6 Å². The molecule has 2 aromatic rings. The second-order valence-corrected chi connectivity index (χ2v) is 6.67. The highest BCUT2D eigenvalue weighted by molar-refractivity contribution is 6.00. The Morgan fingerprint density at radius 2 is 1.53 bits per heavy atom. The van der Waals surface area contributed by atoms with Gasteiger partial charge in [-0.05, 0) is 47.9 Å². The van der Waals surface area contributed by atoms with Crippen LogP contribution in [0.15, 0.2) is 42.0 Å². The minimum absolute atomic E-state index is 0.140. The van der Waals surface area contributed by atoms with E-state index >= 15 is 0 Å². The third-order valence-corrected chi connectivity index (χ3v) is 4.88. The molecular weight excluding hydrogens is 392 g/mol. The lowest BCUT2D eigenvalue weighted by atomic mass is 9.90.